The van der Waals surface area contributed by atoms with Crippen molar-refractivity contribution >= 4 is 14.6 Å². The zero-order valence-corrected chi connectivity index (χ0v) is 12.3. The quantitative estimate of drug-likeness (QED) is 0.608. The number of pyridine rings is 1. The van der Waals surface area contributed by atoms with Crippen molar-refractivity contribution < 1.29 is 9.22 Å². The molecule has 0 amide bonds. The molecule has 0 saturated carbocycles. The molecule has 1 aromatic rings. The van der Waals surface area contributed by atoms with E-state index in [1.807, 2.05) is 0 Å². The van der Waals surface area contributed by atoms with Crippen molar-refractivity contribution in [2.75, 3.05) is 0 Å². The normalized spacial score (nSPS) is 12.5. The molecule has 1 aromatic heterocycles. The van der Waals surface area contributed by atoms with Crippen LogP contribution >= 0.6 is 0 Å². The molecule has 94 valence electrons. The van der Waals surface area contributed by atoms with Crippen LogP contribution in [0.15, 0.2) is 18.5 Å². The maximum Gasteiger partial charge on any atom is 0.192 e. The van der Waals surface area contributed by atoms with Crippen LogP contribution < -0.4 is 0 Å². The Labute approximate surface area is 104 Å². The van der Waals surface area contributed by atoms with E-state index in [-0.39, 0.29) is 5.04 Å². The summed E-state index contributed by atoms with van der Waals surface area (Å²) in [6.07, 6.45) is 4.18. The van der Waals surface area contributed by atoms with Crippen molar-refractivity contribution in [3.8, 4) is 0 Å². The fourth-order valence-corrected chi connectivity index (χ4v) is 2.10. The Morgan fingerprint density at radius 2 is 2.06 bits per heavy atom. The first kappa shape index (κ1) is 14.1. The van der Waals surface area contributed by atoms with E-state index < -0.39 is 8.32 Å². The minimum atomic E-state index is -1.77. The summed E-state index contributed by atoms with van der Waals surface area (Å²) in [5.41, 5.74) is 1.53. The lowest BCUT2D eigenvalue weighted by atomic mass is 10.2. The van der Waals surface area contributed by atoms with Crippen molar-refractivity contribution in [1.82, 2.24) is 4.98 Å². The molecule has 0 radical (unpaired) electrons. The molecule has 0 aliphatic carbocycles. The molecular formula is C13H21NO2Si. The lowest BCUT2D eigenvalue weighted by molar-refractivity contribution is 0.112. The van der Waals surface area contributed by atoms with Gasteiger partial charge in [0.05, 0.1) is 6.61 Å². The number of carbonyl (C=O) groups excluding carboxylic acids is 1. The third kappa shape index (κ3) is 3.48. The van der Waals surface area contributed by atoms with Gasteiger partial charge in [-0.15, -0.1) is 0 Å². The highest BCUT2D eigenvalue weighted by Crippen LogP contribution is 2.37. The van der Waals surface area contributed by atoms with Crippen LogP contribution in [0.2, 0.25) is 18.1 Å². The molecule has 0 aliphatic heterocycles. The van der Waals surface area contributed by atoms with Crippen LogP contribution in [-0.4, -0.2) is 19.6 Å². The Hall–Kier alpha value is -1.00. The van der Waals surface area contributed by atoms with Gasteiger partial charge >= 0.3 is 0 Å². The summed E-state index contributed by atoms with van der Waals surface area (Å²) in [7, 11) is -1.77. The highest BCUT2D eigenvalue weighted by Gasteiger charge is 2.37. The summed E-state index contributed by atoms with van der Waals surface area (Å²) < 4.78 is 6.06. The molecule has 4 heteroatoms. The van der Waals surface area contributed by atoms with E-state index in [9.17, 15) is 4.79 Å². The second kappa shape index (κ2) is 5.10. The number of carbonyl (C=O) groups is 1. The van der Waals surface area contributed by atoms with Gasteiger partial charge in [-0.2, -0.15) is 0 Å². The van der Waals surface area contributed by atoms with Gasteiger partial charge in [0, 0.05) is 23.5 Å². The molecule has 0 bridgehead atoms. The van der Waals surface area contributed by atoms with Crippen molar-refractivity contribution in [2.24, 2.45) is 0 Å². The van der Waals surface area contributed by atoms with Gasteiger partial charge in [-0.25, -0.2) is 0 Å². The van der Waals surface area contributed by atoms with Gasteiger partial charge in [0.1, 0.15) is 0 Å². The van der Waals surface area contributed by atoms with Crippen molar-refractivity contribution in [3.05, 3.63) is 29.6 Å². The third-order valence-electron chi connectivity index (χ3n) is 3.46. The zero-order chi connectivity index (χ0) is 13.1. The van der Waals surface area contributed by atoms with Crippen LogP contribution in [-0.2, 0) is 11.0 Å². The van der Waals surface area contributed by atoms with Gasteiger partial charge in [-0.1, -0.05) is 20.8 Å². The van der Waals surface area contributed by atoms with Gasteiger partial charge in [-0.05, 0) is 24.2 Å². The van der Waals surface area contributed by atoms with E-state index in [2.05, 4.69) is 38.8 Å². The maximum atomic E-state index is 10.9. The van der Waals surface area contributed by atoms with Crippen LogP contribution in [0, 0.1) is 0 Å². The number of nitrogens with zero attached hydrogens (tertiary/aromatic N) is 1. The molecule has 0 unspecified atom stereocenters. The monoisotopic (exact) mass is 251 g/mol. The second-order valence-corrected chi connectivity index (χ2v) is 10.6. The predicted molar refractivity (Wildman–Crippen MR) is 71.6 cm³/mol. The SMILES string of the molecule is CC(C)(C)[Si](C)(C)OCc1cnccc1C=O. The molecule has 1 heterocycles. The largest absolute Gasteiger partial charge is 0.412 e. The Balaban J connectivity index is 2.77. The zero-order valence-electron chi connectivity index (χ0n) is 11.3. The van der Waals surface area contributed by atoms with Gasteiger partial charge in [0.15, 0.2) is 14.6 Å². The van der Waals surface area contributed by atoms with Crippen LogP contribution in [0.1, 0.15) is 36.7 Å². The fraction of sp³-hybridized carbons (Fsp3) is 0.538. The van der Waals surface area contributed by atoms with E-state index in [1.165, 1.54) is 0 Å². The summed E-state index contributed by atoms with van der Waals surface area (Å²) >= 11 is 0. The summed E-state index contributed by atoms with van der Waals surface area (Å²) in [5, 5.41) is 0.177. The predicted octanol–water partition coefficient (Wildman–Crippen LogP) is 3.42. The summed E-state index contributed by atoms with van der Waals surface area (Å²) in [4.78, 5) is 14.9. The van der Waals surface area contributed by atoms with E-state index in [0.29, 0.717) is 12.2 Å². The smallest absolute Gasteiger partial charge is 0.192 e. The van der Waals surface area contributed by atoms with E-state index in [1.54, 1.807) is 18.5 Å². The van der Waals surface area contributed by atoms with Crippen molar-refractivity contribution in [3.63, 3.8) is 0 Å². The van der Waals surface area contributed by atoms with Crippen LogP contribution in [0.3, 0.4) is 0 Å². The number of hydrogen-bond acceptors (Lipinski definition) is 3. The van der Waals surface area contributed by atoms with Crippen molar-refractivity contribution in [1.29, 1.82) is 0 Å². The topological polar surface area (TPSA) is 39.2 Å². The first-order valence-electron chi connectivity index (χ1n) is 5.80. The van der Waals surface area contributed by atoms with Gasteiger partial charge in [0.2, 0.25) is 0 Å². The molecule has 0 aliphatic rings. The molecule has 17 heavy (non-hydrogen) atoms. The standard InChI is InChI=1S/C13H21NO2Si/c1-13(2,3)17(4,5)16-10-12-8-14-7-6-11(12)9-15/h6-9H,10H2,1-5H3. The number of rotatable bonds is 4. The summed E-state index contributed by atoms with van der Waals surface area (Å²) in [6.45, 7) is 11.5. The van der Waals surface area contributed by atoms with E-state index >= 15 is 0 Å². The average Bonchev–Trinajstić information content (AvgIpc) is 2.25. The summed E-state index contributed by atoms with van der Waals surface area (Å²) in [5.74, 6) is 0. The lowest BCUT2D eigenvalue weighted by Gasteiger charge is -2.36. The third-order valence-corrected chi connectivity index (χ3v) is 7.94. The Morgan fingerprint density at radius 1 is 1.41 bits per heavy atom. The maximum absolute atomic E-state index is 10.9. The van der Waals surface area contributed by atoms with Crippen molar-refractivity contribution in [2.45, 2.75) is 45.5 Å². The van der Waals surface area contributed by atoms with E-state index in [0.717, 1.165) is 11.8 Å². The first-order valence-corrected chi connectivity index (χ1v) is 8.71. The molecule has 0 N–H and O–H groups in total. The lowest BCUT2D eigenvalue weighted by Crippen LogP contribution is -2.40. The summed E-state index contributed by atoms with van der Waals surface area (Å²) in [6, 6.07) is 1.72. The number of hydrogen-bond donors (Lipinski definition) is 0. The molecule has 0 atom stereocenters. The Bertz CT molecular complexity index is 397. The molecule has 0 aromatic carbocycles. The molecule has 0 spiro atoms. The Morgan fingerprint density at radius 3 is 2.59 bits per heavy atom. The van der Waals surface area contributed by atoms with Gasteiger partial charge in [0.25, 0.3) is 0 Å². The van der Waals surface area contributed by atoms with Gasteiger partial charge in [-0.3, -0.25) is 9.78 Å². The molecular weight excluding hydrogens is 230 g/mol. The second-order valence-electron chi connectivity index (χ2n) is 5.74. The minimum absolute atomic E-state index is 0.177. The first-order chi connectivity index (χ1) is 7.78. The number of aromatic nitrogens is 1. The average molecular weight is 251 g/mol. The Kier molecular flexibility index (Phi) is 4.22. The minimum Gasteiger partial charge on any atom is -0.412 e. The van der Waals surface area contributed by atoms with Crippen LogP contribution in [0.25, 0.3) is 0 Å². The van der Waals surface area contributed by atoms with Crippen LogP contribution in [0.4, 0.5) is 0 Å². The van der Waals surface area contributed by atoms with E-state index in [4.69, 9.17) is 4.43 Å². The highest BCUT2D eigenvalue weighted by atomic mass is 28.4. The van der Waals surface area contributed by atoms with Gasteiger partial charge < -0.3 is 4.43 Å². The molecule has 0 fully saturated rings. The molecule has 3 nitrogen and oxygen atoms in total. The number of aldehydes is 1. The molecule has 1 rings (SSSR count). The van der Waals surface area contributed by atoms with Crippen LogP contribution in [0.5, 0.6) is 0 Å². The fourth-order valence-electron chi connectivity index (χ4n) is 1.15. The molecule has 0 saturated heterocycles. The highest BCUT2D eigenvalue weighted by molar-refractivity contribution is 6.74.